The first-order valence-electron chi connectivity index (χ1n) is 16.2. The van der Waals surface area contributed by atoms with Gasteiger partial charge in [-0.2, -0.15) is 0 Å². The maximum atomic E-state index is 12.0. The number of nitrogens with one attached hydrogen (secondary N) is 1. The molecule has 5 aliphatic rings. The Labute approximate surface area is 243 Å². The lowest BCUT2D eigenvalue weighted by atomic mass is 9.35. The lowest BCUT2D eigenvalue weighted by molar-refractivity contribution is -0.188. The molecule has 8 atom stereocenters. The fourth-order valence-electron chi connectivity index (χ4n) is 12.5. The zero-order valence-electron chi connectivity index (χ0n) is 26.2. The van der Waals surface area contributed by atoms with Crippen molar-refractivity contribution in [2.45, 2.75) is 104 Å². The van der Waals surface area contributed by atoms with Crippen LogP contribution in [0.1, 0.15) is 115 Å². The van der Waals surface area contributed by atoms with Gasteiger partial charge in [0.1, 0.15) is 0 Å². The van der Waals surface area contributed by atoms with E-state index in [1.807, 2.05) is 12.1 Å². The molecule has 4 fully saturated rings. The SMILES string of the molecule is C/C=C/[C@]12CCC[C@@H]1[C@@]1(NC)CCC3[C@@]4(C)CC=C(c5ccc(C(=O)OC)cc5)C(C)(C)C4CC[C@@]3(C)C1CC2. The summed E-state index contributed by atoms with van der Waals surface area (Å²) in [6.07, 6.45) is 21.1. The number of carbonyl (C=O) groups excluding carboxylic acids is 1. The molecule has 40 heavy (non-hydrogen) atoms. The summed E-state index contributed by atoms with van der Waals surface area (Å²) in [7, 11) is 3.75. The molecule has 1 aromatic rings. The average Bonchev–Trinajstić information content (AvgIpc) is 3.37. The van der Waals surface area contributed by atoms with Crippen LogP contribution in [0.2, 0.25) is 0 Å². The molecule has 0 heterocycles. The van der Waals surface area contributed by atoms with Crippen molar-refractivity contribution in [1.82, 2.24) is 5.32 Å². The molecule has 0 amide bonds. The summed E-state index contributed by atoms with van der Waals surface area (Å²) in [5, 5.41) is 4.10. The highest BCUT2D eigenvalue weighted by Gasteiger charge is 2.69. The zero-order valence-corrected chi connectivity index (χ0v) is 26.2. The number of fused-ring (bicyclic) bond motifs is 7. The number of esters is 1. The summed E-state index contributed by atoms with van der Waals surface area (Å²) in [6, 6.07) is 8.14. The minimum atomic E-state index is -0.263. The first-order chi connectivity index (χ1) is 19.0. The maximum absolute atomic E-state index is 12.0. The summed E-state index contributed by atoms with van der Waals surface area (Å²) in [5.41, 5.74) is 4.87. The van der Waals surface area contributed by atoms with Crippen molar-refractivity contribution in [3.8, 4) is 0 Å². The Kier molecular flexibility index (Phi) is 6.77. The van der Waals surface area contributed by atoms with Crippen molar-refractivity contribution < 1.29 is 9.53 Å². The Balaban J connectivity index is 1.34. The Morgan fingerprint density at radius 2 is 1.57 bits per heavy atom. The van der Waals surface area contributed by atoms with Crippen molar-refractivity contribution in [1.29, 1.82) is 0 Å². The number of benzene rings is 1. The predicted octanol–water partition coefficient (Wildman–Crippen LogP) is 8.85. The molecule has 3 nitrogen and oxygen atoms in total. The summed E-state index contributed by atoms with van der Waals surface area (Å²) in [5.74, 6) is 2.71. The van der Waals surface area contributed by atoms with Crippen LogP contribution in [0.3, 0.4) is 0 Å². The van der Waals surface area contributed by atoms with E-state index in [9.17, 15) is 4.79 Å². The summed E-state index contributed by atoms with van der Waals surface area (Å²) in [6.45, 7) is 12.6. The monoisotopic (exact) mass is 543 g/mol. The molecule has 3 unspecified atom stereocenters. The second kappa shape index (κ2) is 9.58. The summed E-state index contributed by atoms with van der Waals surface area (Å²) in [4.78, 5) is 12.0. The first-order valence-corrected chi connectivity index (χ1v) is 16.2. The number of ether oxygens (including phenoxy) is 1. The lowest BCUT2D eigenvalue weighted by Gasteiger charge is -2.71. The Morgan fingerprint density at radius 3 is 2.25 bits per heavy atom. The number of rotatable bonds is 4. The van der Waals surface area contributed by atoms with Gasteiger partial charge in [0, 0.05) is 5.54 Å². The third-order valence-electron chi connectivity index (χ3n) is 13.9. The molecule has 1 N–H and O–H groups in total. The molecule has 0 radical (unpaired) electrons. The van der Waals surface area contributed by atoms with E-state index < -0.39 is 0 Å². The van der Waals surface area contributed by atoms with Gasteiger partial charge in [0.25, 0.3) is 0 Å². The second-order valence-corrected chi connectivity index (χ2v) is 15.4. The van der Waals surface area contributed by atoms with E-state index in [1.54, 1.807) is 0 Å². The highest BCUT2D eigenvalue weighted by Crippen LogP contribution is 2.74. The number of allylic oxidation sites excluding steroid dienone is 4. The van der Waals surface area contributed by atoms with Crippen LogP contribution in [0.5, 0.6) is 0 Å². The van der Waals surface area contributed by atoms with Crippen LogP contribution < -0.4 is 5.32 Å². The topological polar surface area (TPSA) is 38.3 Å². The standard InChI is InChI=1S/C37H53NO2/c1-8-19-36-20-9-10-31(36)37(38-6)24-18-29-34(4)21-15-27(25-11-13-26(14-12-25)32(39)40-7)33(2,3)28(34)16-22-35(29,5)30(37)17-23-36/h8,11-15,19,28-31,38H,9-10,16-18,20-24H2,1-7H3/b19-8+/t28?,29?,30?,31-,34-,35+,36+,37+/m0/s1. The van der Waals surface area contributed by atoms with Gasteiger partial charge in [-0.3, -0.25) is 0 Å². The van der Waals surface area contributed by atoms with Gasteiger partial charge in [0.15, 0.2) is 0 Å². The molecule has 3 heteroatoms. The van der Waals surface area contributed by atoms with E-state index in [0.29, 0.717) is 27.7 Å². The van der Waals surface area contributed by atoms with Gasteiger partial charge in [0.05, 0.1) is 12.7 Å². The van der Waals surface area contributed by atoms with Gasteiger partial charge in [-0.25, -0.2) is 4.79 Å². The van der Waals surface area contributed by atoms with E-state index in [2.05, 4.69) is 77.3 Å². The molecule has 6 rings (SSSR count). The molecule has 4 saturated carbocycles. The van der Waals surface area contributed by atoms with Crippen molar-refractivity contribution in [3.63, 3.8) is 0 Å². The van der Waals surface area contributed by atoms with E-state index in [0.717, 1.165) is 17.8 Å². The number of hydrogen-bond donors (Lipinski definition) is 1. The Morgan fingerprint density at radius 1 is 0.875 bits per heavy atom. The van der Waals surface area contributed by atoms with Gasteiger partial charge >= 0.3 is 5.97 Å². The fraction of sp³-hybridized carbons (Fsp3) is 0.703. The highest BCUT2D eigenvalue weighted by molar-refractivity contribution is 5.89. The minimum absolute atomic E-state index is 0.0950. The molecule has 0 aliphatic heterocycles. The van der Waals surface area contributed by atoms with E-state index in [1.165, 1.54) is 82.5 Å². The molecule has 0 bridgehead atoms. The average molecular weight is 544 g/mol. The molecular formula is C37H53NO2. The molecular weight excluding hydrogens is 490 g/mol. The van der Waals surface area contributed by atoms with E-state index in [-0.39, 0.29) is 16.9 Å². The summed E-state index contributed by atoms with van der Waals surface area (Å²) < 4.78 is 4.94. The minimum Gasteiger partial charge on any atom is -0.465 e. The van der Waals surface area contributed by atoms with Crippen LogP contribution in [0.4, 0.5) is 0 Å². The van der Waals surface area contributed by atoms with Crippen molar-refractivity contribution in [3.05, 3.63) is 53.6 Å². The van der Waals surface area contributed by atoms with Crippen LogP contribution in [0.15, 0.2) is 42.5 Å². The number of carbonyl (C=O) groups is 1. The largest absolute Gasteiger partial charge is 0.465 e. The van der Waals surface area contributed by atoms with Crippen molar-refractivity contribution in [2.75, 3.05) is 14.2 Å². The molecule has 0 aromatic heterocycles. The van der Waals surface area contributed by atoms with Gasteiger partial charge in [-0.1, -0.05) is 64.5 Å². The third kappa shape index (κ3) is 3.68. The molecule has 5 aliphatic carbocycles. The third-order valence-corrected chi connectivity index (χ3v) is 13.9. The quantitative estimate of drug-likeness (QED) is 0.304. The molecule has 1 aromatic carbocycles. The normalized spacial score (nSPS) is 43.7. The zero-order chi connectivity index (χ0) is 28.6. The van der Waals surface area contributed by atoms with Crippen molar-refractivity contribution in [2.24, 2.45) is 45.3 Å². The number of methoxy groups -OCH3 is 1. The Bertz CT molecular complexity index is 1210. The maximum Gasteiger partial charge on any atom is 0.337 e. The fourth-order valence-corrected chi connectivity index (χ4v) is 12.5. The molecule has 218 valence electrons. The van der Waals surface area contributed by atoms with Crippen LogP contribution in [-0.2, 0) is 4.74 Å². The van der Waals surface area contributed by atoms with Gasteiger partial charge in [-0.15, -0.1) is 0 Å². The van der Waals surface area contributed by atoms with Gasteiger partial charge < -0.3 is 10.1 Å². The van der Waals surface area contributed by atoms with Gasteiger partial charge in [0.2, 0.25) is 0 Å². The lowest BCUT2D eigenvalue weighted by Crippen LogP contribution is -2.71. The number of hydrogen-bond acceptors (Lipinski definition) is 3. The smallest absolute Gasteiger partial charge is 0.337 e. The van der Waals surface area contributed by atoms with Gasteiger partial charge in [-0.05, 0) is 140 Å². The highest BCUT2D eigenvalue weighted by atomic mass is 16.5. The predicted molar refractivity (Wildman–Crippen MR) is 165 cm³/mol. The van der Waals surface area contributed by atoms with Crippen molar-refractivity contribution >= 4 is 11.5 Å². The van der Waals surface area contributed by atoms with Crippen LogP contribution in [-0.4, -0.2) is 25.7 Å². The Hall–Kier alpha value is -1.87. The van der Waals surface area contributed by atoms with Crippen LogP contribution in [0, 0.1) is 45.3 Å². The van der Waals surface area contributed by atoms with E-state index in [4.69, 9.17) is 4.74 Å². The molecule has 0 saturated heterocycles. The summed E-state index contributed by atoms with van der Waals surface area (Å²) >= 11 is 0. The van der Waals surface area contributed by atoms with Crippen LogP contribution >= 0.6 is 0 Å². The van der Waals surface area contributed by atoms with E-state index >= 15 is 0 Å². The first kappa shape index (κ1) is 28.3. The van der Waals surface area contributed by atoms with Crippen LogP contribution in [0.25, 0.3) is 5.57 Å². The second-order valence-electron chi connectivity index (χ2n) is 15.4. The molecule has 0 spiro atoms.